The van der Waals surface area contributed by atoms with Crippen LogP contribution in [0.1, 0.15) is 24.8 Å². The average Bonchev–Trinajstić information content (AvgIpc) is 2.41. The molecule has 5 heteroatoms. The fraction of sp³-hybridized carbons (Fsp3) is 0.429. The lowest BCUT2D eigenvalue weighted by Crippen LogP contribution is -2.43. The van der Waals surface area contributed by atoms with Gasteiger partial charge in [-0.25, -0.2) is 0 Å². The second kappa shape index (κ2) is 7.66. The summed E-state index contributed by atoms with van der Waals surface area (Å²) < 4.78 is 0. The number of nitrogens with zero attached hydrogens (tertiary/aromatic N) is 1. The van der Waals surface area contributed by atoms with Gasteiger partial charge < -0.3 is 11.5 Å². The molecule has 0 unspecified atom stereocenters. The molecule has 1 atom stereocenters. The molecule has 0 aromatic heterocycles. The van der Waals surface area contributed by atoms with E-state index >= 15 is 0 Å². The van der Waals surface area contributed by atoms with Gasteiger partial charge in [-0.05, 0) is 37.9 Å². The van der Waals surface area contributed by atoms with Crippen molar-refractivity contribution in [2.24, 2.45) is 11.5 Å². The fourth-order valence-corrected chi connectivity index (χ4v) is 1.87. The predicted molar refractivity (Wildman–Crippen MR) is 75.6 cm³/mol. The molecular formula is C14H21N3O2. The average molecular weight is 263 g/mol. The third-order valence-corrected chi connectivity index (χ3v) is 3.00. The Balaban J connectivity index is 2.77. The molecule has 1 rings (SSSR count). The summed E-state index contributed by atoms with van der Waals surface area (Å²) >= 11 is 0. The Morgan fingerprint density at radius 3 is 2.63 bits per heavy atom. The second-order valence-electron chi connectivity index (χ2n) is 4.49. The van der Waals surface area contributed by atoms with E-state index in [-0.39, 0.29) is 5.91 Å². The van der Waals surface area contributed by atoms with E-state index in [1.54, 1.807) is 12.1 Å². The molecule has 4 N–H and O–H groups in total. The van der Waals surface area contributed by atoms with Gasteiger partial charge in [-0.1, -0.05) is 24.6 Å². The molecule has 1 aromatic carbocycles. The van der Waals surface area contributed by atoms with Gasteiger partial charge in [-0.15, -0.1) is 0 Å². The van der Waals surface area contributed by atoms with Crippen molar-refractivity contribution in [2.75, 3.05) is 11.4 Å². The first-order valence-corrected chi connectivity index (χ1v) is 6.41. The lowest BCUT2D eigenvalue weighted by atomic mass is 10.1. The zero-order valence-corrected chi connectivity index (χ0v) is 11.2. The molecule has 0 aliphatic carbocycles. The number of carbonyl (C=O) groups is 2. The van der Waals surface area contributed by atoms with Gasteiger partial charge in [0.1, 0.15) is 0 Å². The van der Waals surface area contributed by atoms with Crippen LogP contribution in [0.4, 0.5) is 5.69 Å². The molecule has 0 aliphatic rings. The summed E-state index contributed by atoms with van der Waals surface area (Å²) in [4.78, 5) is 24.4. The van der Waals surface area contributed by atoms with Crippen LogP contribution < -0.4 is 16.4 Å². The van der Waals surface area contributed by atoms with Crippen LogP contribution in [0.3, 0.4) is 0 Å². The summed E-state index contributed by atoms with van der Waals surface area (Å²) in [6.07, 6.45) is 2.66. The Morgan fingerprint density at radius 1 is 1.37 bits per heavy atom. The van der Waals surface area contributed by atoms with Crippen LogP contribution in [0.25, 0.3) is 0 Å². The van der Waals surface area contributed by atoms with Gasteiger partial charge in [0.15, 0.2) is 0 Å². The normalized spacial score (nSPS) is 11.9. The number of anilines is 1. The Morgan fingerprint density at radius 2 is 2.05 bits per heavy atom. The number of nitrogens with two attached hydrogens (primary N) is 2. The number of hydrogen-bond donors (Lipinski definition) is 2. The highest BCUT2D eigenvalue weighted by molar-refractivity contribution is 6.09. The highest BCUT2D eigenvalue weighted by atomic mass is 16.2. The van der Waals surface area contributed by atoms with Gasteiger partial charge in [0.2, 0.25) is 12.3 Å². The molecule has 0 radical (unpaired) electrons. The molecule has 5 nitrogen and oxygen atoms in total. The number of carbonyl (C=O) groups excluding carboxylic acids is 2. The lowest BCUT2D eigenvalue weighted by Gasteiger charge is -2.21. The van der Waals surface area contributed by atoms with E-state index in [0.717, 1.165) is 23.3 Å². The molecule has 104 valence electrons. The Bertz CT molecular complexity index is 434. The van der Waals surface area contributed by atoms with Crippen molar-refractivity contribution < 1.29 is 9.59 Å². The van der Waals surface area contributed by atoms with Crippen molar-refractivity contribution >= 4 is 18.0 Å². The van der Waals surface area contributed by atoms with Crippen LogP contribution >= 0.6 is 0 Å². The van der Waals surface area contributed by atoms with Gasteiger partial charge in [0, 0.05) is 0 Å². The maximum Gasteiger partial charge on any atom is 0.250 e. The van der Waals surface area contributed by atoms with E-state index in [9.17, 15) is 9.59 Å². The first-order valence-electron chi connectivity index (χ1n) is 6.41. The smallest absolute Gasteiger partial charge is 0.250 e. The molecular weight excluding hydrogens is 242 g/mol. The number of unbranched alkanes of at least 4 members (excludes halogenated alkanes) is 1. The minimum absolute atomic E-state index is 0.374. The van der Waals surface area contributed by atoms with Crippen LogP contribution in [0, 0.1) is 6.92 Å². The largest absolute Gasteiger partial charge is 0.330 e. The van der Waals surface area contributed by atoms with Crippen LogP contribution in [0.15, 0.2) is 24.3 Å². The van der Waals surface area contributed by atoms with Crippen molar-refractivity contribution in [1.82, 2.24) is 0 Å². The summed E-state index contributed by atoms with van der Waals surface area (Å²) in [5, 5.41) is 0. The minimum atomic E-state index is -0.670. The van der Waals surface area contributed by atoms with E-state index in [0.29, 0.717) is 25.1 Å². The SMILES string of the molecule is Cc1ccccc1N(C=O)C(=O)[C@@H](N)CCCCN. The van der Waals surface area contributed by atoms with Gasteiger partial charge in [-0.3, -0.25) is 14.5 Å². The number of hydrogen-bond acceptors (Lipinski definition) is 4. The van der Waals surface area contributed by atoms with Crippen molar-refractivity contribution in [1.29, 1.82) is 0 Å². The van der Waals surface area contributed by atoms with E-state index in [2.05, 4.69) is 0 Å². The van der Waals surface area contributed by atoms with Gasteiger partial charge in [0.05, 0.1) is 11.7 Å². The molecule has 0 aliphatic heterocycles. The number of para-hydroxylation sites is 1. The van der Waals surface area contributed by atoms with E-state index in [4.69, 9.17) is 11.5 Å². The molecule has 0 saturated carbocycles. The first-order chi connectivity index (χ1) is 9.11. The fourth-order valence-electron chi connectivity index (χ4n) is 1.87. The van der Waals surface area contributed by atoms with E-state index < -0.39 is 6.04 Å². The van der Waals surface area contributed by atoms with E-state index in [1.807, 2.05) is 19.1 Å². The lowest BCUT2D eigenvalue weighted by molar-refractivity contribution is -0.123. The molecule has 0 spiro atoms. The molecule has 2 amide bonds. The number of imide groups is 1. The zero-order chi connectivity index (χ0) is 14.3. The Kier molecular flexibility index (Phi) is 6.18. The summed E-state index contributed by atoms with van der Waals surface area (Å²) in [6.45, 7) is 2.43. The van der Waals surface area contributed by atoms with Gasteiger partial charge >= 0.3 is 0 Å². The van der Waals surface area contributed by atoms with Crippen molar-refractivity contribution in [3.63, 3.8) is 0 Å². The van der Waals surface area contributed by atoms with Crippen molar-refractivity contribution in [2.45, 2.75) is 32.2 Å². The maximum atomic E-state index is 12.2. The van der Waals surface area contributed by atoms with Crippen molar-refractivity contribution in [3.8, 4) is 0 Å². The molecule has 1 aromatic rings. The first kappa shape index (κ1) is 15.3. The highest BCUT2D eigenvalue weighted by Gasteiger charge is 2.22. The van der Waals surface area contributed by atoms with Crippen molar-refractivity contribution in [3.05, 3.63) is 29.8 Å². The van der Waals surface area contributed by atoms with E-state index in [1.165, 1.54) is 0 Å². The minimum Gasteiger partial charge on any atom is -0.330 e. The molecule has 0 heterocycles. The van der Waals surface area contributed by atoms with Crippen LogP contribution in [-0.2, 0) is 9.59 Å². The monoisotopic (exact) mass is 263 g/mol. The molecule has 0 fully saturated rings. The van der Waals surface area contributed by atoms with Crippen LogP contribution in [0.2, 0.25) is 0 Å². The third-order valence-electron chi connectivity index (χ3n) is 3.00. The van der Waals surface area contributed by atoms with Crippen LogP contribution in [-0.4, -0.2) is 24.9 Å². The topological polar surface area (TPSA) is 89.4 Å². The number of amides is 2. The summed E-state index contributed by atoms with van der Waals surface area (Å²) in [5.41, 5.74) is 12.7. The summed E-state index contributed by atoms with van der Waals surface area (Å²) in [5.74, 6) is -0.374. The second-order valence-corrected chi connectivity index (χ2v) is 4.49. The molecule has 0 saturated heterocycles. The maximum absolute atomic E-state index is 12.2. The zero-order valence-electron chi connectivity index (χ0n) is 11.2. The Hall–Kier alpha value is -1.72. The third kappa shape index (κ3) is 4.15. The predicted octanol–water partition coefficient (Wildman–Crippen LogP) is 0.941. The molecule has 0 bridgehead atoms. The molecule has 19 heavy (non-hydrogen) atoms. The number of aryl methyl sites for hydroxylation is 1. The summed E-state index contributed by atoms with van der Waals surface area (Å²) in [7, 11) is 0. The Labute approximate surface area is 113 Å². The standard InChI is InChI=1S/C14H21N3O2/c1-11-6-2-3-8-13(11)17(10-18)14(19)12(16)7-4-5-9-15/h2-3,6,8,10,12H,4-5,7,9,15-16H2,1H3/t12-/m0/s1. The van der Waals surface area contributed by atoms with Gasteiger partial charge in [-0.2, -0.15) is 0 Å². The number of benzene rings is 1. The highest BCUT2D eigenvalue weighted by Crippen LogP contribution is 2.19. The quantitative estimate of drug-likeness (QED) is 0.566. The van der Waals surface area contributed by atoms with Gasteiger partial charge in [0.25, 0.3) is 0 Å². The number of rotatable bonds is 7. The summed E-state index contributed by atoms with van der Waals surface area (Å²) in [6, 6.07) is 6.55. The van der Waals surface area contributed by atoms with Crippen LogP contribution in [0.5, 0.6) is 0 Å².